The van der Waals surface area contributed by atoms with Crippen LogP contribution < -0.4 is 10.6 Å². The third-order valence-corrected chi connectivity index (χ3v) is 1.87. The van der Waals surface area contributed by atoms with Gasteiger partial charge in [0.15, 0.2) is 0 Å². The first-order valence-electron chi connectivity index (χ1n) is 4.93. The lowest BCUT2D eigenvalue weighted by Gasteiger charge is -2.06. The van der Waals surface area contributed by atoms with Crippen LogP contribution >= 0.6 is 0 Å². The van der Waals surface area contributed by atoms with E-state index in [1.807, 2.05) is 5.32 Å². The number of rotatable bonds is 3. The lowest BCUT2D eigenvalue weighted by atomic mass is 10.3. The molecule has 0 fully saturated rings. The smallest absolute Gasteiger partial charge is 0.328 e. The number of aromatic nitrogens is 1. The number of aryl methyl sites for hydroxylation is 1. The second-order valence-electron chi connectivity index (χ2n) is 3.25. The largest absolute Gasteiger partial charge is 0.478 e. The number of nitrogens with zero attached hydrogens (tertiary/aromatic N) is 1. The van der Waals surface area contributed by atoms with Gasteiger partial charge in [0.05, 0.1) is 11.4 Å². The zero-order chi connectivity index (χ0) is 13.5. The van der Waals surface area contributed by atoms with Crippen molar-refractivity contribution >= 4 is 23.6 Å². The van der Waals surface area contributed by atoms with Crippen molar-refractivity contribution in [2.75, 3.05) is 5.32 Å². The Hall–Kier alpha value is -2.70. The van der Waals surface area contributed by atoms with Crippen molar-refractivity contribution < 1.29 is 19.5 Å². The lowest BCUT2D eigenvalue weighted by Crippen LogP contribution is -2.33. The van der Waals surface area contributed by atoms with E-state index in [2.05, 4.69) is 10.3 Å². The molecule has 0 radical (unpaired) electrons. The first-order chi connectivity index (χ1) is 8.49. The van der Waals surface area contributed by atoms with Gasteiger partial charge < -0.3 is 10.4 Å². The summed E-state index contributed by atoms with van der Waals surface area (Å²) in [5.74, 6) is -2.09. The number of hydrogen-bond donors (Lipinski definition) is 3. The maximum atomic E-state index is 11.4. The van der Waals surface area contributed by atoms with E-state index in [1.54, 1.807) is 25.3 Å². The molecule has 94 valence electrons. The average molecular weight is 249 g/mol. The van der Waals surface area contributed by atoms with Crippen LogP contribution in [0.25, 0.3) is 0 Å². The maximum absolute atomic E-state index is 11.4. The molecule has 0 aliphatic carbocycles. The molecule has 0 aliphatic heterocycles. The Balaban J connectivity index is 2.55. The molecule has 0 unspecified atom stereocenters. The number of hydrogen-bond acceptors (Lipinski definition) is 4. The van der Waals surface area contributed by atoms with Gasteiger partial charge in [-0.15, -0.1) is 0 Å². The van der Waals surface area contributed by atoms with Gasteiger partial charge in [-0.05, 0) is 19.1 Å². The average Bonchev–Trinajstić information content (AvgIpc) is 2.29. The molecule has 1 heterocycles. The summed E-state index contributed by atoms with van der Waals surface area (Å²) in [6.45, 7) is 1.70. The second kappa shape index (κ2) is 6.14. The van der Waals surface area contributed by atoms with Crippen LogP contribution in [-0.2, 0) is 9.59 Å². The molecule has 0 atom stereocenters. The topological polar surface area (TPSA) is 108 Å². The number of anilines is 1. The number of aliphatic carboxylic acids is 1. The Morgan fingerprint density at radius 2 is 2.06 bits per heavy atom. The van der Waals surface area contributed by atoms with Crippen molar-refractivity contribution in [2.45, 2.75) is 6.92 Å². The minimum Gasteiger partial charge on any atom is -0.478 e. The van der Waals surface area contributed by atoms with Crippen LogP contribution in [0.3, 0.4) is 0 Å². The van der Waals surface area contributed by atoms with Gasteiger partial charge in [-0.2, -0.15) is 0 Å². The van der Waals surface area contributed by atoms with Gasteiger partial charge in [-0.25, -0.2) is 9.59 Å². The highest BCUT2D eigenvalue weighted by Gasteiger charge is 2.07. The summed E-state index contributed by atoms with van der Waals surface area (Å²) in [7, 11) is 0. The Bertz CT molecular complexity index is 511. The number of urea groups is 1. The number of carbonyl (C=O) groups excluding carboxylic acids is 2. The van der Waals surface area contributed by atoms with Crippen LogP contribution in [0.15, 0.2) is 30.5 Å². The predicted octanol–water partition coefficient (Wildman–Crippen LogP) is 0.679. The van der Waals surface area contributed by atoms with E-state index in [0.29, 0.717) is 17.5 Å². The minimum absolute atomic E-state index is 0.463. The maximum Gasteiger partial charge on any atom is 0.328 e. The number of imide groups is 1. The van der Waals surface area contributed by atoms with Gasteiger partial charge in [0.2, 0.25) is 0 Å². The summed E-state index contributed by atoms with van der Waals surface area (Å²) in [6, 6.07) is 2.50. The van der Waals surface area contributed by atoms with Crippen LogP contribution in [0.2, 0.25) is 0 Å². The van der Waals surface area contributed by atoms with Crippen LogP contribution in [-0.4, -0.2) is 28.0 Å². The van der Waals surface area contributed by atoms with Crippen LogP contribution in [0, 0.1) is 6.92 Å². The number of pyridine rings is 1. The van der Waals surface area contributed by atoms with Crippen LogP contribution in [0.5, 0.6) is 0 Å². The Morgan fingerprint density at radius 3 is 2.67 bits per heavy atom. The number of amides is 3. The zero-order valence-corrected chi connectivity index (χ0v) is 9.51. The molecule has 0 saturated carbocycles. The normalized spacial score (nSPS) is 10.1. The molecular weight excluding hydrogens is 238 g/mol. The fraction of sp³-hybridized carbons (Fsp3) is 0.0909. The number of carboxylic acids is 1. The molecule has 0 aromatic carbocycles. The van der Waals surface area contributed by atoms with E-state index in [9.17, 15) is 14.4 Å². The molecule has 3 N–H and O–H groups in total. The van der Waals surface area contributed by atoms with Crippen molar-refractivity contribution in [3.63, 3.8) is 0 Å². The van der Waals surface area contributed by atoms with Crippen molar-refractivity contribution in [1.82, 2.24) is 10.3 Å². The standard InChI is InChI=1S/C11H11N3O4/c1-7-8(3-2-6-12-7)13-11(18)14-9(15)4-5-10(16)17/h2-6H,1H3,(H,16,17)(H2,13,14,15,18). The summed E-state index contributed by atoms with van der Waals surface area (Å²) >= 11 is 0. The second-order valence-corrected chi connectivity index (χ2v) is 3.25. The SMILES string of the molecule is Cc1ncccc1NC(=O)NC(=O)C=CC(=O)O. The quantitative estimate of drug-likeness (QED) is 0.682. The molecule has 1 aromatic rings. The molecule has 1 rings (SSSR count). The van der Waals surface area contributed by atoms with Crippen molar-refractivity contribution in [1.29, 1.82) is 0 Å². The van der Waals surface area contributed by atoms with Gasteiger partial charge in [0.1, 0.15) is 0 Å². The van der Waals surface area contributed by atoms with Gasteiger partial charge in [0, 0.05) is 18.3 Å². The van der Waals surface area contributed by atoms with E-state index < -0.39 is 17.9 Å². The molecule has 7 heteroatoms. The van der Waals surface area contributed by atoms with E-state index in [4.69, 9.17) is 5.11 Å². The Morgan fingerprint density at radius 1 is 1.33 bits per heavy atom. The molecule has 0 aliphatic rings. The number of carboxylic acid groups (broad SMARTS) is 1. The summed E-state index contributed by atoms with van der Waals surface area (Å²) in [6.07, 6.45) is 2.95. The van der Waals surface area contributed by atoms with E-state index >= 15 is 0 Å². The Labute approximate surface area is 103 Å². The number of carbonyl (C=O) groups is 3. The molecule has 1 aromatic heterocycles. The molecular formula is C11H11N3O4. The highest BCUT2D eigenvalue weighted by Crippen LogP contribution is 2.09. The van der Waals surface area contributed by atoms with Gasteiger partial charge in [-0.1, -0.05) is 0 Å². The van der Waals surface area contributed by atoms with E-state index in [-0.39, 0.29) is 0 Å². The zero-order valence-electron chi connectivity index (χ0n) is 9.51. The van der Waals surface area contributed by atoms with Crippen molar-refractivity contribution in [3.8, 4) is 0 Å². The van der Waals surface area contributed by atoms with Gasteiger partial charge in [-0.3, -0.25) is 15.1 Å². The molecule has 0 saturated heterocycles. The number of nitrogens with one attached hydrogen (secondary N) is 2. The van der Waals surface area contributed by atoms with Crippen LogP contribution in [0.1, 0.15) is 5.69 Å². The van der Waals surface area contributed by atoms with Crippen molar-refractivity contribution in [2.24, 2.45) is 0 Å². The first kappa shape index (κ1) is 13.4. The molecule has 0 spiro atoms. The highest BCUT2D eigenvalue weighted by molar-refractivity contribution is 6.06. The van der Waals surface area contributed by atoms with E-state index in [0.717, 1.165) is 6.08 Å². The monoisotopic (exact) mass is 249 g/mol. The van der Waals surface area contributed by atoms with E-state index in [1.165, 1.54) is 0 Å². The summed E-state index contributed by atoms with van der Waals surface area (Å²) in [5, 5.41) is 12.7. The lowest BCUT2D eigenvalue weighted by molar-refractivity contribution is -0.131. The minimum atomic E-state index is -1.27. The van der Waals surface area contributed by atoms with Crippen LogP contribution in [0.4, 0.5) is 10.5 Å². The fourth-order valence-corrected chi connectivity index (χ4v) is 1.07. The molecule has 3 amide bonds. The first-order valence-corrected chi connectivity index (χ1v) is 4.93. The molecule has 7 nitrogen and oxygen atoms in total. The summed E-state index contributed by atoms with van der Waals surface area (Å²) < 4.78 is 0. The highest BCUT2D eigenvalue weighted by atomic mass is 16.4. The summed E-state index contributed by atoms with van der Waals surface area (Å²) in [4.78, 5) is 36.6. The van der Waals surface area contributed by atoms with Crippen molar-refractivity contribution in [3.05, 3.63) is 36.2 Å². The molecule has 0 bridgehead atoms. The Kier molecular flexibility index (Phi) is 4.56. The van der Waals surface area contributed by atoms with Gasteiger partial charge >= 0.3 is 12.0 Å². The molecule has 18 heavy (non-hydrogen) atoms. The van der Waals surface area contributed by atoms with Gasteiger partial charge in [0.25, 0.3) is 5.91 Å². The third kappa shape index (κ3) is 4.44. The third-order valence-electron chi connectivity index (χ3n) is 1.87. The fourth-order valence-electron chi connectivity index (χ4n) is 1.07. The summed E-state index contributed by atoms with van der Waals surface area (Å²) in [5.41, 5.74) is 1.06. The predicted molar refractivity (Wildman–Crippen MR) is 62.9 cm³/mol.